The highest BCUT2D eigenvalue weighted by molar-refractivity contribution is 9.11. The van der Waals surface area contributed by atoms with E-state index >= 15 is 0 Å². The average molecular weight is 319 g/mol. The number of ketones is 1. The third-order valence-corrected chi connectivity index (χ3v) is 3.94. The van der Waals surface area contributed by atoms with Crippen LogP contribution in [0.1, 0.15) is 30.4 Å². The molecule has 0 fully saturated rings. The Kier molecular flexibility index (Phi) is 5.33. The largest absolute Gasteiger partial charge is 0.465 e. The molecule has 3 nitrogen and oxygen atoms in total. The zero-order valence-electron chi connectivity index (χ0n) is 10.0. The Morgan fingerprint density at radius 3 is 2.47 bits per heavy atom. The number of carbonyl (C=O) groups excluding carboxylic acids is 2. The van der Waals surface area contributed by atoms with Gasteiger partial charge in [-0.15, -0.1) is 11.3 Å². The van der Waals surface area contributed by atoms with Crippen molar-refractivity contribution in [3.8, 4) is 0 Å². The van der Waals surface area contributed by atoms with Gasteiger partial charge in [-0.25, -0.2) is 0 Å². The van der Waals surface area contributed by atoms with Gasteiger partial charge in [-0.3, -0.25) is 9.59 Å². The third-order valence-electron chi connectivity index (χ3n) is 2.31. The number of thiophene rings is 1. The van der Waals surface area contributed by atoms with Crippen LogP contribution in [-0.4, -0.2) is 18.4 Å². The molecule has 1 aromatic heterocycles. The van der Waals surface area contributed by atoms with Crippen molar-refractivity contribution >= 4 is 39.0 Å². The average Bonchev–Trinajstić information content (AvgIpc) is 2.64. The summed E-state index contributed by atoms with van der Waals surface area (Å²) < 4.78 is 5.83. The fourth-order valence-corrected chi connectivity index (χ4v) is 2.88. The highest BCUT2D eigenvalue weighted by Crippen LogP contribution is 2.27. The first-order chi connectivity index (χ1) is 7.97. The highest BCUT2D eigenvalue weighted by atomic mass is 79.9. The molecule has 0 N–H and O–H groups in total. The maximum atomic E-state index is 12.2. The molecule has 0 radical (unpaired) electrons. The van der Waals surface area contributed by atoms with Gasteiger partial charge in [-0.05, 0) is 40.9 Å². The van der Waals surface area contributed by atoms with Gasteiger partial charge in [0.15, 0.2) is 5.78 Å². The van der Waals surface area contributed by atoms with E-state index < -0.39 is 11.9 Å². The Balaban J connectivity index is 2.92. The van der Waals surface area contributed by atoms with Crippen molar-refractivity contribution in [2.45, 2.75) is 20.8 Å². The first-order valence-electron chi connectivity index (χ1n) is 5.43. The Hall–Kier alpha value is -0.680. The first kappa shape index (κ1) is 14.4. The normalized spacial score (nSPS) is 12.5. The second kappa shape index (κ2) is 6.31. The van der Waals surface area contributed by atoms with Crippen molar-refractivity contribution in [1.29, 1.82) is 0 Å². The summed E-state index contributed by atoms with van der Waals surface area (Å²) in [5, 5.41) is 0. The maximum Gasteiger partial charge on any atom is 0.317 e. The van der Waals surface area contributed by atoms with Crippen LogP contribution in [0.3, 0.4) is 0 Å². The van der Waals surface area contributed by atoms with Crippen molar-refractivity contribution in [3.05, 3.63) is 20.8 Å². The number of halogens is 1. The van der Waals surface area contributed by atoms with Gasteiger partial charge in [0.2, 0.25) is 0 Å². The van der Waals surface area contributed by atoms with Gasteiger partial charge in [0.25, 0.3) is 0 Å². The van der Waals surface area contributed by atoms with Gasteiger partial charge in [0.1, 0.15) is 5.92 Å². The standard InChI is InChI=1S/C12H15BrO3S/c1-4-16-12(15)10(7(2)3)11(14)8-5-6-9(13)17-8/h5-7,10H,4H2,1-3H3. The summed E-state index contributed by atoms with van der Waals surface area (Å²) in [6.45, 7) is 5.73. The second-order valence-corrected chi connectivity index (χ2v) is 6.40. The van der Waals surface area contributed by atoms with E-state index in [1.807, 2.05) is 13.8 Å². The summed E-state index contributed by atoms with van der Waals surface area (Å²) in [6, 6.07) is 3.53. The monoisotopic (exact) mass is 318 g/mol. The van der Waals surface area contributed by atoms with Crippen LogP contribution < -0.4 is 0 Å². The third kappa shape index (κ3) is 3.64. The molecule has 1 unspecified atom stereocenters. The molecule has 1 aromatic rings. The predicted octanol–water partition coefficient (Wildman–Crippen LogP) is 3.53. The topological polar surface area (TPSA) is 43.4 Å². The van der Waals surface area contributed by atoms with E-state index in [2.05, 4.69) is 15.9 Å². The number of ether oxygens (including phenoxy) is 1. The summed E-state index contributed by atoms with van der Waals surface area (Å²) in [4.78, 5) is 24.5. The van der Waals surface area contributed by atoms with E-state index in [1.54, 1.807) is 19.1 Å². The molecule has 0 bridgehead atoms. The minimum atomic E-state index is -0.708. The molecule has 94 valence electrons. The number of hydrogen-bond acceptors (Lipinski definition) is 4. The van der Waals surface area contributed by atoms with E-state index in [4.69, 9.17) is 4.74 Å². The van der Waals surface area contributed by atoms with Gasteiger partial charge in [0.05, 0.1) is 15.3 Å². The molecule has 0 aliphatic heterocycles. The van der Waals surface area contributed by atoms with Crippen LogP contribution >= 0.6 is 27.3 Å². The number of carbonyl (C=O) groups is 2. The Bertz CT molecular complexity index is 412. The maximum absolute atomic E-state index is 12.2. The molecule has 0 saturated heterocycles. The molecule has 0 amide bonds. The fourth-order valence-electron chi connectivity index (χ4n) is 1.51. The zero-order chi connectivity index (χ0) is 13.0. The summed E-state index contributed by atoms with van der Waals surface area (Å²) in [7, 11) is 0. The summed E-state index contributed by atoms with van der Waals surface area (Å²) in [6.07, 6.45) is 0. The van der Waals surface area contributed by atoms with Crippen LogP contribution in [0.4, 0.5) is 0 Å². The van der Waals surface area contributed by atoms with Gasteiger partial charge in [-0.2, -0.15) is 0 Å². The summed E-state index contributed by atoms with van der Waals surface area (Å²) in [5.41, 5.74) is 0. The molecule has 1 atom stereocenters. The van der Waals surface area contributed by atoms with Crippen LogP contribution in [0.25, 0.3) is 0 Å². The van der Waals surface area contributed by atoms with Crippen molar-refractivity contribution in [2.24, 2.45) is 11.8 Å². The van der Waals surface area contributed by atoms with Crippen LogP contribution in [0.2, 0.25) is 0 Å². The van der Waals surface area contributed by atoms with E-state index in [0.29, 0.717) is 11.5 Å². The zero-order valence-corrected chi connectivity index (χ0v) is 12.4. The van der Waals surface area contributed by atoms with Crippen LogP contribution in [0.5, 0.6) is 0 Å². The Morgan fingerprint density at radius 2 is 2.06 bits per heavy atom. The molecule has 0 spiro atoms. The molecule has 1 rings (SSSR count). The van der Waals surface area contributed by atoms with Crippen LogP contribution in [0.15, 0.2) is 15.9 Å². The van der Waals surface area contributed by atoms with E-state index in [0.717, 1.165) is 3.79 Å². The number of rotatable bonds is 5. The van der Waals surface area contributed by atoms with Gasteiger partial charge >= 0.3 is 5.97 Å². The minimum Gasteiger partial charge on any atom is -0.465 e. The molecule has 5 heteroatoms. The van der Waals surface area contributed by atoms with Crippen molar-refractivity contribution in [1.82, 2.24) is 0 Å². The number of Topliss-reactive ketones (excluding diaryl/α,β-unsaturated/α-hetero) is 1. The molecule has 0 aliphatic rings. The van der Waals surface area contributed by atoms with E-state index in [1.165, 1.54) is 11.3 Å². The molecule has 1 heterocycles. The fraction of sp³-hybridized carbons (Fsp3) is 0.500. The molecular weight excluding hydrogens is 304 g/mol. The lowest BCUT2D eigenvalue weighted by Crippen LogP contribution is -2.30. The predicted molar refractivity (Wildman–Crippen MR) is 71.3 cm³/mol. The molecule has 0 saturated carbocycles. The molecule has 0 aliphatic carbocycles. The smallest absolute Gasteiger partial charge is 0.317 e. The highest BCUT2D eigenvalue weighted by Gasteiger charge is 2.32. The minimum absolute atomic E-state index is 0.0672. The molecule has 0 aromatic carbocycles. The first-order valence-corrected chi connectivity index (χ1v) is 7.04. The van der Waals surface area contributed by atoms with Crippen molar-refractivity contribution in [2.75, 3.05) is 6.61 Å². The number of hydrogen-bond donors (Lipinski definition) is 0. The Labute approximate surface area is 113 Å². The molecule has 17 heavy (non-hydrogen) atoms. The van der Waals surface area contributed by atoms with Crippen molar-refractivity contribution < 1.29 is 14.3 Å². The van der Waals surface area contributed by atoms with Crippen LogP contribution in [0, 0.1) is 11.8 Å². The lowest BCUT2D eigenvalue weighted by Gasteiger charge is -2.16. The van der Waals surface area contributed by atoms with Crippen molar-refractivity contribution in [3.63, 3.8) is 0 Å². The number of esters is 1. The lowest BCUT2D eigenvalue weighted by molar-refractivity contribution is -0.147. The SMILES string of the molecule is CCOC(=O)C(C(=O)c1ccc(Br)s1)C(C)C. The van der Waals surface area contributed by atoms with E-state index in [-0.39, 0.29) is 11.7 Å². The van der Waals surface area contributed by atoms with Gasteiger partial charge < -0.3 is 4.74 Å². The van der Waals surface area contributed by atoms with Gasteiger partial charge in [0, 0.05) is 0 Å². The quantitative estimate of drug-likeness (QED) is 0.474. The van der Waals surface area contributed by atoms with Gasteiger partial charge in [-0.1, -0.05) is 13.8 Å². The summed E-state index contributed by atoms with van der Waals surface area (Å²) in [5.74, 6) is -1.37. The molecular formula is C12H15BrO3S. The lowest BCUT2D eigenvalue weighted by atomic mass is 9.91. The second-order valence-electron chi connectivity index (χ2n) is 3.94. The van der Waals surface area contributed by atoms with E-state index in [9.17, 15) is 9.59 Å². The summed E-state index contributed by atoms with van der Waals surface area (Å²) >= 11 is 4.64. The van der Waals surface area contributed by atoms with Crippen LogP contribution in [-0.2, 0) is 9.53 Å². The Morgan fingerprint density at radius 1 is 1.41 bits per heavy atom.